The molecule has 1 aliphatic rings. The van der Waals surface area contributed by atoms with E-state index in [9.17, 15) is 0 Å². The van der Waals surface area contributed by atoms with Gasteiger partial charge in [0, 0.05) is 24.7 Å². The molecule has 0 saturated carbocycles. The van der Waals surface area contributed by atoms with E-state index in [0.717, 1.165) is 24.7 Å². The van der Waals surface area contributed by atoms with Crippen molar-refractivity contribution in [1.29, 1.82) is 0 Å². The van der Waals surface area contributed by atoms with Crippen molar-refractivity contribution in [3.05, 3.63) is 58.6 Å². The van der Waals surface area contributed by atoms with Crippen molar-refractivity contribution in [2.45, 2.75) is 20.3 Å². The highest BCUT2D eigenvalue weighted by atomic mass is 35.5. The fourth-order valence-corrected chi connectivity index (χ4v) is 2.56. The highest BCUT2D eigenvalue weighted by Crippen LogP contribution is 2.39. The molecular formula is C17H19ClO. The minimum Gasteiger partial charge on any atom is -0.382 e. The number of hydrogen-bond donors (Lipinski definition) is 0. The summed E-state index contributed by atoms with van der Waals surface area (Å²) in [6.45, 7) is 5.67. The average molecular weight is 275 g/mol. The molecule has 2 heteroatoms. The van der Waals surface area contributed by atoms with E-state index in [1.165, 1.54) is 22.3 Å². The van der Waals surface area contributed by atoms with Crippen LogP contribution in [0.4, 0.5) is 0 Å². The molecule has 0 radical (unpaired) electrons. The number of halogens is 1. The fourth-order valence-electron chi connectivity index (χ4n) is 2.32. The van der Waals surface area contributed by atoms with Crippen LogP contribution < -0.4 is 0 Å². The van der Waals surface area contributed by atoms with Crippen molar-refractivity contribution in [2.24, 2.45) is 0 Å². The van der Waals surface area contributed by atoms with Crippen molar-refractivity contribution in [1.82, 2.24) is 0 Å². The van der Waals surface area contributed by atoms with Gasteiger partial charge in [0.15, 0.2) is 0 Å². The van der Waals surface area contributed by atoms with Crippen LogP contribution >= 0.6 is 11.6 Å². The van der Waals surface area contributed by atoms with E-state index < -0.39 is 0 Å². The quantitative estimate of drug-likeness (QED) is 0.642. The summed E-state index contributed by atoms with van der Waals surface area (Å²) in [7, 11) is 0. The van der Waals surface area contributed by atoms with Crippen molar-refractivity contribution in [2.75, 3.05) is 13.2 Å². The monoisotopic (exact) mass is 274 g/mol. The lowest BCUT2D eigenvalue weighted by molar-refractivity contribution is 0.162. The Morgan fingerprint density at radius 1 is 0.947 bits per heavy atom. The van der Waals surface area contributed by atoms with Gasteiger partial charge in [-0.05, 0) is 42.2 Å². The molecule has 1 nitrogen and oxygen atoms in total. The molecule has 0 amide bonds. The third-order valence-corrected chi connectivity index (χ3v) is 3.56. The van der Waals surface area contributed by atoms with Crippen LogP contribution in [0.25, 0.3) is 11.1 Å². The highest BCUT2D eigenvalue weighted by molar-refractivity contribution is 6.32. The highest BCUT2D eigenvalue weighted by Gasteiger charge is 2.19. The van der Waals surface area contributed by atoms with Gasteiger partial charge in [0.1, 0.15) is 0 Å². The summed E-state index contributed by atoms with van der Waals surface area (Å²) in [5, 5.41) is 0.888. The second-order valence-electron chi connectivity index (χ2n) is 4.38. The van der Waals surface area contributed by atoms with Crippen LogP contribution in [0.15, 0.2) is 42.5 Å². The number of benzene rings is 2. The molecule has 2 aromatic rings. The smallest absolute Gasteiger partial charge is 0.0447 e. The third kappa shape index (κ3) is 3.17. The maximum Gasteiger partial charge on any atom is 0.0447 e. The molecule has 19 heavy (non-hydrogen) atoms. The summed E-state index contributed by atoms with van der Waals surface area (Å²) in [5.74, 6) is 0. The Bertz CT molecular complexity index is 547. The van der Waals surface area contributed by atoms with Crippen LogP contribution in [-0.2, 0) is 11.2 Å². The topological polar surface area (TPSA) is 9.23 Å². The maximum absolute atomic E-state index is 6.16. The van der Waals surface area contributed by atoms with Gasteiger partial charge < -0.3 is 4.74 Å². The lowest BCUT2D eigenvalue weighted by Gasteiger charge is -2.00. The molecule has 100 valence electrons. The molecule has 0 heterocycles. The van der Waals surface area contributed by atoms with Gasteiger partial charge in [-0.2, -0.15) is 0 Å². The van der Waals surface area contributed by atoms with Crippen molar-refractivity contribution in [3.63, 3.8) is 0 Å². The molecule has 0 aromatic heterocycles. The Labute approximate surface area is 120 Å². The first kappa shape index (κ1) is 14.1. The van der Waals surface area contributed by atoms with E-state index in [2.05, 4.69) is 30.3 Å². The molecule has 2 aromatic carbocycles. The fraction of sp³-hybridized carbons (Fsp3) is 0.294. The van der Waals surface area contributed by atoms with E-state index >= 15 is 0 Å². The van der Waals surface area contributed by atoms with E-state index in [4.69, 9.17) is 16.3 Å². The Morgan fingerprint density at radius 2 is 1.63 bits per heavy atom. The summed E-state index contributed by atoms with van der Waals surface area (Å²) >= 11 is 6.16. The Morgan fingerprint density at radius 3 is 2.32 bits per heavy atom. The van der Waals surface area contributed by atoms with Crippen LogP contribution in [0.5, 0.6) is 0 Å². The number of hydrogen-bond acceptors (Lipinski definition) is 1. The lowest BCUT2D eigenvalue weighted by atomic mass is 10.1. The zero-order chi connectivity index (χ0) is 13.7. The summed E-state index contributed by atoms with van der Waals surface area (Å²) < 4.78 is 4.83. The molecule has 0 spiro atoms. The predicted octanol–water partition coefficient (Wildman–Crippen LogP) is 4.95. The summed E-state index contributed by atoms with van der Waals surface area (Å²) in [6.07, 6.45) is 0.977. The molecule has 1 aliphatic carbocycles. The molecule has 0 aliphatic heterocycles. The second-order valence-corrected chi connectivity index (χ2v) is 4.79. The summed E-state index contributed by atoms with van der Waals surface area (Å²) in [5.41, 5.74) is 5.30. The average Bonchev–Trinajstić information content (AvgIpc) is 2.81. The van der Waals surface area contributed by atoms with Crippen LogP contribution in [0.1, 0.15) is 25.0 Å². The first-order valence-corrected chi connectivity index (χ1v) is 7.09. The first-order chi connectivity index (χ1) is 9.27. The Kier molecular flexibility index (Phi) is 5.00. The Balaban J connectivity index is 0.000000232. The van der Waals surface area contributed by atoms with Gasteiger partial charge in [0.25, 0.3) is 0 Å². The zero-order valence-corrected chi connectivity index (χ0v) is 12.2. The van der Waals surface area contributed by atoms with E-state index in [1.54, 1.807) is 0 Å². The van der Waals surface area contributed by atoms with Gasteiger partial charge in [0.05, 0.1) is 0 Å². The van der Waals surface area contributed by atoms with Crippen molar-refractivity contribution >= 4 is 11.6 Å². The van der Waals surface area contributed by atoms with Crippen LogP contribution in [0.3, 0.4) is 0 Å². The van der Waals surface area contributed by atoms with Crippen molar-refractivity contribution < 1.29 is 4.74 Å². The number of rotatable bonds is 2. The molecule has 0 fully saturated rings. The second kappa shape index (κ2) is 6.74. The van der Waals surface area contributed by atoms with Gasteiger partial charge in [-0.1, -0.05) is 48.0 Å². The minimum atomic E-state index is 0.844. The molecule has 0 N–H and O–H groups in total. The zero-order valence-electron chi connectivity index (χ0n) is 11.4. The SMILES string of the molecule is CCOCC.Clc1cccc2c1Cc1ccccc1-2. The normalized spacial score (nSPS) is 11.3. The van der Waals surface area contributed by atoms with Crippen LogP contribution in [-0.4, -0.2) is 13.2 Å². The van der Waals surface area contributed by atoms with E-state index in [1.807, 2.05) is 26.0 Å². The molecule has 3 rings (SSSR count). The van der Waals surface area contributed by atoms with Crippen LogP contribution in [0.2, 0.25) is 5.02 Å². The minimum absolute atomic E-state index is 0.844. The summed E-state index contributed by atoms with van der Waals surface area (Å²) in [4.78, 5) is 0. The first-order valence-electron chi connectivity index (χ1n) is 6.71. The Hall–Kier alpha value is -1.31. The van der Waals surface area contributed by atoms with Gasteiger partial charge in [0.2, 0.25) is 0 Å². The van der Waals surface area contributed by atoms with Gasteiger partial charge in [-0.25, -0.2) is 0 Å². The van der Waals surface area contributed by atoms with Gasteiger partial charge in [-0.3, -0.25) is 0 Å². The molecule has 0 saturated heterocycles. The van der Waals surface area contributed by atoms with E-state index in [-0.39, 0.29) is 0 Å². The largest absolute Gasteiger partial charge is 0.382 e. The predicted molar refractivity (Wildman–Crippen MR) is 81.9 cm³/mol. The van der Waals surface area contributed by atoms with Crippen LogP contribution in [0, 0.1) is 0 Å². The molecule has 0 bridgehead atoms. The maximum atomic E-state index is 6.16. The standard InChI is InChI=1S/C13H9Cl.C4H10O/c14-13-7-3-6-11-10-5-2-1-4-9(10)8-12(11)13;1-3-5-4-2/h1-7H,8H2;3-4H2,1-2H3. The molecule has 0 atom stereocenters. The van der Waals surface area contributed by atoms with Gasteiger partial charge in [-0.15, -0.1) is 0 Å². The molecule has 0 unspecified atom stereocenters. The summed E-state index contributed by atoms with van der Waals surface area (Å²) in [6, 6.07) is 14.6. The third-order valence-electron chi connectivity index (χ3n) is 3.20. The van der Waals surface area contributed by atoms with Crippen molar-refractivity contribution in [3.8, 4) is 11.1 Å². The number of ether oxygens (including phenoxy) is 1. The van der Waals surface area contributed by atoms with Gasteiger partial charge >= 0.3 is 0 Å². The molecular weight excluding hydrogens is 256 g/mol. The number of fused-ring (bicyclic) bond motifs is 3. The van der Waals surface area contributed by atoms with E-state index in [0.29, 0.717) is 0 Å². The lowest BCUT2D eigenvalue weighted by Crippen LogP contribution is -1.84.